The van der Waals surface area contributed by atoms with Crippen LogP contribution in [0.1, 0.15) is 51.5 Å². The van der Waals surface area contributed by atoms with Gasteiger partial charge in [-0.05, 0) is 61.1 Å². The molecule has 1 saturated carbocycles. The van der Waals surface area contributed by atoms with Gasteiger partial charge in [-0.2, -0.15) is 0 Å². The molecule has 3 atom stereocenters. The third-order valence-corrected chi connectivity index (χ3v) is 7.26. The predicted molar refractivity (Wildman–Crippen MR) is 137 cm³/mol. The number of ketones is 1. The first-order chi connectivity index (χ1) is 18.0. The number of ether oxygens (including phenoxy) is 2. The summed E-state index contributed by atoms with van der Waals surface area (Å²) in [6.45, 7) is -0.442. The quantitative estimate of drug-likeness (QED) is 0.264. The van der Waals surface area contributed by atoms with E-state index in [0.717, 1.165) is 6.42 Å². The molecule has 3 aromatic rings. The highest BCUT2D eigenvalue weighted by atomic mass is 16.5. The SMILES string of the molecule is COc1cccc(C(=O)COC(=O)c2cccc(N3C(=O)[C@H]4CC[C@H](c5ccccc5)C[C@@H]4C3=O)c2)c1. The fourth-order valence-corrected chi connectivity index (χ4v) is 5.33. The third kappa shape index (κ3) is 4.89. The van der Waals surface area contributed by atoms with Gasteiger partial charge in [0.25, 0.3) is 0 Å². The molecule has 1 saturated heterocycles. The van der Waals surface area contributed by atoms with Gasteiger partial charge in [0, 0.05) is 5.56 Å². The fourth-order valence-electron chi connectivity index (χ4n) is 5.33. The number of carbonyl (C=O) groups excluding carboxylic acids is 4. The van der Waals surface area contributed by atoms with E-state index in [0.29, 0.717) is 29.8 Å². The van der Waals surface area contributed by atoms with Crippen molar-refractivity contribution in [2.45, 2.75) is 25.2 Å². The maximum atomic E-state index is 13.4. The third-order valence-electron chi connectivity index (χ3n) is 7.26. The molecule has 7 heteroatoms. The van der Waals surface area contributed by atoms with Crippen molar-refractivity contribution in [2.75, 3.05) is 18.6 Å². The Balaban J connectivity index is 1.27. The Hall–Kier alpha value is -4.26. The van der Waals surface area contributed by atoms with Crippen molar-refractivity contribution in [3.05, 3.63) is 95.6 Å². The smallest absolute Gasteiger partial charge is 0.338 e. The minimum Gasteiger partial charge on any atom is -0.497 e. The van der Waals surface area contributed by atoms with Gasteiger partial charge >= 0.3 is 5.97 Å². The number of esters is 1. The molecule has 188 valence electrons. The summed E-state index contributed by atoms with van der Waals surface area (Å²) in [6.07, 6.45) is 2.13. The topological polar surface area (TPSA) is 90.0 Å². The largest absolute Gasteiger partial charge is 0.497 e. The Morgan fingerprint density at radius 1 is 0.838 bits per heavy atom. The van der Waals surface area contributed by atoms with Gasteiger partial charge in [0.15, 0.2) is 12.4 Å². The Kier molecular flexibility index (Phi) is 6.86. The number of hydrogen-bond donors (Lipinski definition) is 0. The summed E-state index contributed by atoms with van der Waals surface area (Å²) in [7, 11) is 1.50. The number of amides is 2. The lowest BCUT2D eigenvalue weighted by Crippen LogP contribution is -2.31. The zero-order valence-corrected chi connectivity index (χ0v) is 20.5. The molecule has 1 aliphatic heterocycles. The number of anilines is 1. The molecule has 5 rings (SSSR count). The summed E-state index contributed by atoms with van der Waals surface area (Å²) in [4.78, 5) is 53.0. The molecule has 37 heavy (non-hydrogen) atoms. The van der Waals surface area contributed by atoms with Crippen LogP contribution in [-0.2, 0) is 14.3 Å². The van der Waals surface area contributed by atoms with Gasteiger partial charge in [0.2, 0.25) is 11.8 Å². The van der Waals surface area contributed by atoms with Crippen LogP contribution in [0.4, 0.5) is 5.69 Å². The van der Waals surface area contributed by atoms with Crippen molar-refractivity contribution in [1.82, 2.24) is 0 Å². The number of fused-ring (bicyclic) bond motifs is 1. The van der Waals surface area contributed by atoms with Gasteiger partial charge in [-0.15, -0.1) is 0 Å². The number of methoxy groups -OCH3 is 1. The summed E-state index contributed by atoms with van der Waals surface area (Å²) in [6, 6.07) is 22.9. The fraction of sp³-hybridized carbons (Fsp3) is 0.267. The Bertz CT molecular complexity index is 1350. The summed E-state index contributed by atoms with van der Waals surface area (Å²) >= 11 is 0. The van der Waals surface area contributed by atoms with E-state index in [1.165, 1.54) is 29.7 Å². The molecule has 2 aliphatic rings. The second-order valence-electron chi connectivity index (χ2n) is 9.43. The highest BCUT2D eigenvalue weighted by molar-refractivity contribution is 6.22. The number of hydrogen-bond acceptors (Lipinski definition) is 6. The minimum atomic E-state index is -0.709. The van der Waals surface area contributed by atoms with E-state index >= 15 is 0 Å². The highest BCUT2D eigenvalue weighted by Gasteiger charge is 2.50. The average molecular weight is 498 g/mol. The first kappa shape index (κ1) is 24.4. The minimum absolute atomic E-state index is 0.161. The van der Waals surface area contributed by atoms with Crippen LogP contribution >= 0.6 is 0 Å². The number of carbonyl (C=O) groups is 4. The Morgan fingerprint density at radius 3 is 2.35 bits per heavy atom. The number of rotatable bonds is 7. The van der Waals surface area contributed by atoms with E-state index in [-0.39, 0.29) is 40.9 Å². The summed E-state index contributed by atoms with van der Waals surface area (Å²) in [5.41, 5.74) is 2.06. The lowest BCUT2D eigenvalue weighted by Gasteiger charge is -2.28. The molecule has 0 N–H and O–H groups in total. The summed E-state index contributed by atoms with van der Waals surface area (Å²) < 4.78 is 10.4. The highest BCUT2D eigenvalue weighted by Crippen LogP contribution is 2.45. The maximum absolute atomic E-state index is 13.4. The molecule has 0 aromatic heterocycles. The second kappa shape index (κ2) is 10.4. The van der Waals surface area contributed by atoms with Gasteiger partial charge < -0.3 is 9.47 Å². The van der Waals surface area contributed by atoms with Crippen LogP contribution in [0.3, 0.4) is 0 Å². The molecule has 1 aliphatic carbocycles. The molecule has 0 spiro atoms. The molecule has 2 fully saturated rings. The molecule has 0 unspecified atom stereocenters. The van der Waals surface area contributed by atoms with E-state index in [1.54, 1.807) is 36.4 Å². The van der Waals surface area contributed by atoms with Crippen molar-refractivity contribution in [3.63, 3.8) is 0 Å². The Morgan fingerprint density at radius 2 is 1.57 bits per heavy atom. The summed E-state index contributed by atoms with van der Waals surface area (Å²) in [5, 5.41) is 0. The lowest BCUT2D eigenvalue weighted by atomic mass is 9.73. The van der Waals surface area contributed by atoms with Crippen LogP contribution in [0.2, 0.25) is 0 Å². The monoisotopic (exact) mass is 497 g/mol. The molecular formula is C30H27NO6. The maximum Gasteiger partial charge on any atom is 0.338 e. The Labute approximate surface area is 215 Å². The van der Waals surface area contributed by atoms with Crippen LogP contribution in [0.25, 0.3) is 0 Å². The van der Waals surface area contributed by atoms with E-state index in [9.17, 15) is 19.2 Å². The van der Waals surface area contributed by atoms with Crippen LogP contribution in [-0.4, -0.2) is 37.3 Å². The standard InChI is InChI=1S/C30H27NO6/c1-36-24-12-6-9-21(16-24)27(32)18-37-30(35)22-10-5-11-23(15-22)31-28(33)25-14-13-20(17-26(25)29(31)34)19-7-3-2-4-8-19/h2-12,15-16,20,25-26H,13-14,17-18H2,1H3/t20-,25-,26-/m0/s1. The second-order valence-corrected chi connectivity index (χ2v) is 9.43. The molecule has 0 radical (unpaired) electrons. The molecule has 1 heterocycles. The summed E-state index contributed by atoms with van der Waals surface area (Å²) in [5.74, 6) is -1.48. The van der Waals surface area contributed by atoms with Crippen molar-refractivity contribution < 1.29 is 28.7 Å². The zero-order chi connectivity index (χ0) is 25.9. The van der Waals surface area contributed by atoms with Crippen LogP contribution in [0, 0.1) is 11.8 Å². The molecule has 3 aromatic carbocycles. The lowest BCUT2D eigenvalue weighted by molar-refractivity contribution is -0.122. The molecule has 2 amide bonds. The number of Topliss-reactive ketones (excluding diaryl/α,β-unsaturated/α-hetero) is 1. The molecule has 0 bridgehead atoms. The van der Waals surface area contributed by atoms with Gasteiger partial charge in [0.1, 0.15) is 5.75 Å². The van der Waals surface area contributed by atoms with Gasteiger partial charge in [0.05, 0.1) is 30.2 Å². The number of nitrogens with zero attached hydrogens (tertiary/aromatic N) is 1. The van der Waals surface area contributed by atoms with E-state index < -0.39 is 12.6 Å². The van der Waals surface area contributed by atoms with Gasteiger partial charge in [-0.25, -0.2) is 4.79 Å². The van der Waals surface area contributed by atoms with Crippen molar-refractivity contribution in [1.29, 1.82) is 0 Å². The zero-order valence-electron chi connectivity index (χ0n) is 20.5. The van der Waals surface area contributed by atoms with Gasteiger partial charge in [-0.3, -0.25) is 19.3 Å². The molecule has 7 nitrogen and oxygen atoms in total. The van der Waals surface area contributed by atoms with Gasteiger partial charge in [-0.1, -0.05) is 48.5 Å². The average Bonchev–Trinajstić information content (AvgIpc) is 3.20. The van der Waals surface area contributed by atoms with E-state index in [4.69, 9.17) is 9.47 Å². The number of benzene rings is 3. The van der Waals surface area contributed by atoms with Crippen molar-refractivity contribution in [2.24, 2.45) is 11.8 Å². The predicted octanol–water partition coefficient (Wildman–Crippen LogP) is 4.81. The van der Waals surface area contributed by atoms with Crippen molar-refractivity contribution >= 4 is 29.3 Å². The van der Waals surface area contributed by atoms with E-state index in [2.05, 4.69) is 12.1 Å². The first-order valence-corrected chi connectivity index (χ1v) is 12.3. The van der Waals surface area contributed by atoms with Crippen molar-refractivity contribution in [3.8, 4) is 5.75 Å². The van der Waals surface area contributed by atoms with Crippen LogP contribution < -0.4 is 9.64 Å². The van der Waals surface area contributed by atoms with Crippen LogP contribution in [0.15, 0.2) is 78.9 Å². The molecular weight excluding hydrogens is 470 g/mol. The normalized spacial score (nSPS) is 20.9. The van der Waals surface area contributed by atoms with Crippen LogP contribution in [0.5, 0.6) is 5.75 Å². The number of imide groups is 1. The van der Waals surface area contributed by atoms with E-state index in [1.807, 2.05) is 18.2 Å². The first-order valence-electron chi connectivity index (χ1n) is 12.3.